The van der Waals surface area contributed by atoms with Crippen molar-refractivity contribution in [3.8, 4) is 0 Å². The highest BCUT2D eigenvalue weighted by Crippen LogP contribution is 2.37. The maximum Gasteiger partial charge on any atom is 0.270 e. The first-order valence-electron chi connectivity index (χ1n) is 12.9. The molecule has 1 aliphatic rings. The zero-order valence-corrected chi connectivity index (χ0v) is 22.0. The predicted octanol–water partition coefficient (Wildman–Crippen LogP) is 4.96. The number of benzene rings is 1. The van der Waals surface area contributed by atoms with Gasteiger partial charge in [-0.2, -0.15) is 5.10 Å². The number of nitrogens with zero attached hydrogens (tertiary/aromatic N) is 7. The summed E-state index contributed by atoms with van der Waals surface area (Å²) in [5.41, 5.74) is 5.02. The van der Waals surface area contributed by atoms with E-state index in [1.165, 1.54) is 12.1 Å². The van der Waals surface area contributed by atoms with Crippen molar-refractivity contribution >= 4 is 28.1 Å². The second-order valence-electron chi connectivity index (χ2n) is 10.2. The normalized spacial score (nSPS) is 18.9. The minimum absolute atomic E-state index is 0.0275. The van der Waals surface area contributed by atoms with Crippen LogP contribution in [-0.4, -0.2) is 49.2 Å². The van der Waals surface area contributed by atoms with E-state index < -0.39 is 0 Å². The van der Waals surface area contributed by atoms with Crippen LogP contribution in [-0.2, 0) is 7.05 Å². The molecule has 0 saturated carbocycles. The predicted molar refractivity (Wildman–Crippen MR) is 150 cm³/mol. The lowest BCUT2D eigenvalue weighted by molar-refractivity contribution is 0.130. The number of fused-ring (bicyclic) bond motifs is 2. The van der Waals surface area contributed by atoms with Gasteiger partial charge in [0.2, 0.25) is 5.52 Å². The Balaban J connectivity index is 1.43. The van der Waals surface area contributed by atoms with Crippen molar-refractivity contribution in [2.75, 3.05) is 18.0 Å². The summed E-state index contributed by atoms with van der Waals surface area (Å²) in [7, 11) is 1.72. The Morgan fingerprint density at radius 2 is 1.82 bits per heavy atom. The van der Waals surface area contributed by atoms with Crippen molar-refractivity contribution in [2.45, 2.75) is 32.0 Å². The molecule has 0 aliphatic carbocycles. The molecule has 5 aromatic rings. The number of rotatable bonds is 4. The summed E-state index contributed by atoms with van der Waals surface area (Å²) < 4.78 is 17.4. The molecule has 6 rings (SSSR count). The molecule has 9 heteroatoms. The van der Waals surface area contributed by atoms with Gasteiger partial charge in [-0.1, -0.05) is 24.8 Å². The van der Waals surface area contributed by atoms with Gasteiger partial charge in [0.25, 0.3) is 11.4 Å². The molecular weight excluding hydrogens is 493 g/mol. The number of hydrogen-bond acceptors (Lipinski definition) is 5. The highest BCUT2D eigenvalue weighted by molar-refractivity contribution is 5.89. The Kier molecular flexibility index (Phi) is 6.12. The third-order valence-electron chi connectivity index (χ3n) is 7.78. The number of hydrogen-bond donors (Lipinski definition) is 0. The first-order chi connectivity index (χ1) is 18.9. The fourth-order valence-corrected chi connectivity index (χ4v) is 5.79. The van der Waals surface area contributed by atoms with Gasteiger partial charge in [-0.05, 0) is 55.8 Å². The second-order valence-corrected chi connectivity index (χ2v) is 10.2. The average Bonchev–Trinajstić information content (AvgIpc) is 3.37. The second kappa shape index (κ2) is 9.64. The van der Waals surface area contributed by atoms with Gasteiger partial charge >= 0.3 is 0 Å². The highest BCUT2D eigenvalue weighted by Gasteiger charge is 2.37. The van der Waals surface area contributed by atoms with Gasteiger partial charge in [0.15, 0.2) is 0 Å². The summed E-state index contributed by atoms with van der Waals surface area (Å²) in [6.07, 6.45) is 3.83. The minimum Gasteiger partial charge on any atom is -0.362 e. The standard InChI is InChI=1S/C30H28FN7O/c1-19-18-37(30(21-8-10-22(31)11-9-21)23-16-33-38-14-6-5-7-24(23)38)20(2)17-36(19)26-15-28(39)35(4)25-12-13-27(32-3)34-29(25)26/h5-16,19-20,30H,17-18H2,1-2,4H3/t19-,20+,30?/m0/s1. The van der Waals surface area contributed by atoms with Crippen LogP contribution in [0, 0.1) is 12.4 Å². The summed E-state index contributed by atoms with van der Waals surface area (Å²) in [5.74, 6) is 0.0265. The van der Waals surface area contributed by atoms with Gasteiger partial charge in [-0.25, -0.2) is 8.91 Å². The first-order valence-corrected chi connectivity index (χ1v) is 12.9. The first kappa shape index (κ1) is 24.8. The van der Waals surface area contributed by atoms with E-state index in [4.69, 9.17) is 6.57 Å². The monoisotopic (exact) mass is 521 g/mol. The van der Waals surface area contributed by atoms with E-state index in [2.05, 4.69) is 44.6 Å². The van der Waals surface area contributed by atoms with Gasteiger partial charge in [0, 0.05) is 50.0 Å². The molecule has 3 atom stereocenters. The molecule has 1 aliphatic heterocycles. The molecular formula is C30H28FN7O. The van der Waals surface area contributed by atoms with Gasteiger partial charge < -0.3 is 14.3 Å². The molecule has 0 N–H and O–H groups in total. The quantitative estimate of drug-likeness (QED) is 0.313. The van der Waals surface area contributed by atoms with Crippen LogP contribution < -0.4 is 10.5 Å². The number of aromatic nitrogens is 4. The van der Waals surface area contributed by atoms with E-state index in [1.807, 2.05) is 41.2 Å². The molecule has 0 bridgehead atoms. The lowest BCUT2D eigenvalue weighted by atomic mass is 9.94. The van der Waals surface area contributed by atoms with E-state index in [-0.39, 0.29) is 29.5 Å². The van der Waals surface area contributed by atoms with Gasteiger partial charge in [0.05, 0.1) is 29.0 Å². The van der Waals surface area contributed by atoms with Crippen LogP contribution in [0.1, 0.15) is 31.0 Å². The molecule has 1 saturated heterocycles. The molecule has 39 heavy (non-hydrogen) atoms. The van der Waals surface area contributed by atoms with E-state index in [0.717, 1.165) is 22.3 Å². The Morgan fingerprint density at radius 1 is 1.03 bits per heavy atom. The SMILES string of the molecule is [C-]#[N+]c1ccc2c(n1)c(N1C[C@@H](C)N(C(c3ccc(F)cc3)c3cnn4ccccc34)C[C@@H]1C)cc(=O)n2C. The topological polar surface area (TPSA) is 63.0 Å². The van der Waals surface area contributed by atoms with E-state index >= 15 is 0 Å². The van der Waals surface area contributed by atoms with Gasteiger partial charge in [-0.15, -0.1) is 4.98 Å². The number of aryl methyl sites for hydroxylation is 1. The van der Waals surface area contributed by atoms with Crippen LogP contribution in [0.3, 0.4) is 0 Å². The van der Waals surface area contributed by atoms with Crippen molar-refractivity contribution in [3.05, 3.63) is 112 Å². The highest BCUT2D eigenvalue weighted by atomic mass is 19.1. The third-order valence-corrected chi connectivity index (χ3v) is 7.78. The Hall–Kier alpha value is -4.55. The zero-order valence-electron chi connectivity index (χ0n) is 22.0. The molecule has 0 amide bonds. The molecule has 0 radical (unpaired) electrons. The van der Waals surface area contributed by atoms with E-state index in [1.54, 1.807) is 29.8 Å². The van der Waals surface area contributed by atoms with Gasteiger partial charge in [0.1, 0.15) is 5.82 Å². The molecule has 1 fully saturated rings. The molecule has 1 unspecified atom stereocenters. The largest absolute Gasteiger partial charge is 0.362 e. The third kappa shape index (κ3) is 4.23. The number of anilines is 1. The van der Waals surface area contributed by atoms with Gasteiger partial charge in [-0.3, -0.25) is 9.69 Å². The lowest BCUT2D eigenvalue weighted by Gasteiger charge is -2.48. The number of halogens is 1. The molecule has 4 aromatic heterocycles. The van der Waals surface area contributed by atoms with Crippen LogP contribution >= 0.6 is 0 Å². The van der Waals surface area contributed by atoms with Crippen LogP contribution in [0.5, 0.6) is 0 Å². The maximum absolute atomic E-state index is 13.9. The molecule has 5 heterocycles. The zero-order chi connectivity index (χ0) is 27.3. The Labute approximate surface area is 225 Å². The summed E-state index contributed by atoms with van der Waals surface area (Å²) in [5, 5.41) is 4.59. The Bertz CT molecular complexity index is 1790. The van der Waals surface area contributed by atoms with Crippen LogP contribution in [0.15, 0.2) is 77.9 Å². The molecule has 8 nitrogen and oxygen atoms in total. The summed E-state index contributed by atoms with van der Waals surface area (Å²) in [6, 6.07) is 17.7. The summed E-state index contributed by atoms with van der Waals surface area (Å²) >= 11 is 0. The van der Waals surface area contributed by atoms with Crippen molar-refractivity contribution in [3.63, 3.8) is 0 Å². The fraction of sp³-hybridized carbons (Fsp3) is 0.267. The molecule has 0 spiro atoms. The van der Waals surface area contributed by atoms with E-state index in [0.29, 0.717) is 29.9 Å². The van der Waals surface area contributed by atoms with Crippen molar-refractivity contribution in [2.24, 2.45) is 7.05 Å². The molecule has 196 valence electrons. The lowest BCUT2D eigenvalue weighted by Crippen LogP contribution is -2.57. The molecule has 1 aromatic carbocycles. The summed E-state index contributed by atoms with van der Waals surface area (Å²) in [4.78, 5) is 25.7. The number of piperazine rings is 1. The fourth-order valence-electron chi connectivity index (χ4n) is 5.79. The van der Waals surface area contributed by atoms with Crippen LogP contribution in [0.4, 0.5) is 15.9 Å². The van der Waals surface area contributed by atoms with Crippen molar-refractivity contribution < 1.29 is 4.39 Å². The van der Waals surface area contributed by atoms with Crippen molar-refractivity contribution in [1.82, 2.24) is 24.1 Å². The summed E-state index contributed by atoms with van der Waals surface area (Å²) in [6.45, 7) is 13.1. The Morgan fingerprint density at radius 3 is 2.59 bits per heavy atom. The van der Waals surface area contributed by atoms with E-state index in [9.17, 15) is 9.18 Å². The smallest absolute Gasteiger partial charge is 0.270 e. The average molecular weight is 522 g/mol. The van der Waals surface area contributed by atoms with Crippen LogP contribution in [0.25, 0.3) is 21.4 Å². The van der Waals surface area contributed by atoms with Crippen molar-refractivity contribution in [1.29, 1.82) is 0 Å². The van der Waals surface area contributed by atoms with Crippen LogP contribution in [0.2, 0.25) is 0 Å². The minimum atomic E-state index is -0.271. The maximum atomic E-state index is 13.9. The number of pyridine rings is 3.